The lowest BCUT2D eigenvalue weighted by Crippen LogP contribution is -2.06. The Kier molecular flexibility index (Phi) is 4.09. The van der Waals surface area contributed by atoms with Crippen LogP contribution in [-0.2, 0) is 17.8 Å². The second-order valence-electron chi connectivity index (χ2n) is 5.26. The number of fused-ring (bicyclic) bond motifs is 1. The van der Waals surface area contributed by atoms with Crippen molar-refractivity contribution >= 4 is 16.7 Å². The number of rotatable bonds is 5. The summed E-state index contributed by atoms with van der Waals surface area (Å²) in [4.78, 5) is 4.48. The Morgan fingerprint density at radius 1 is 1.18 bits per heavy atom. The highest BCUT2D eigenvalue weighted by molar-refractivity contribution is 5.86. The van der Waals surface area contributed by atoms with E-state index in [1.807, 2.05) is 6.07 Å². The molecule has 0 bridgehead atoms. The Morgan fingerprint density at radius 2 is 1.95 bits per heavy atom. The Hall–Kier alpha value is -2.37. The average Bonchev–Trinajstić information content (AvgIpc) is 2.90. The molecule has 0 aliphatic rings. The molecule has 0 aliphatic carbocycles. The molecule has 22 heavy (non-hydrogen) atoms. The van der Waals surface area contributed by atoms with Gasteiger partial charge in [-0.2, -0.15) is 0 Å². The fraction of sp³-hybridized carbons (Fsp3) is 0.235. The number of ether oxygens (including phenoxy) is 1. The number of pyridine rings is 1. The smallest absolute Gasteiger partial charge is 0.140 e. The van der Waals surface area contributed by atoms with Crippen LogP contribution >= 0.6 is 0 Å². The maximum absolute atomic E-state index is 5.85. The van der Waals surface area contributed by atoms with E-state index in [0.717, 1.165) is 34.4 Å². The number of aromatic nitrogens is 2. The first-order valence-corrected chi connectivity index (χ1v) is 7.26. The molecule has 0 aliphatic heterocycles. The zero-order chi connectivity index (χ0) is 15.5. The predicted octanol–water partition coefficient (Wildman–Crippen LogP) is 2.39. The molecule has 0 unspecified atom stereocenters. The van der Waals surface area contributed by atoms with Crippen molar-refractivity contribution in [3.05, 3.63) is 48.2 Å². The van der Waals surface area contributed by atoms with E-state index < -0.39 is 0 Å². The topological polar surface area (TPSA) is 79.1 Å². The van der Waals surface area contributed by atoms with Crippen LogP contribution in [0.2, 0.25) is 0 Å². The minimum absolute atomic E-state index is 0.547. The molecule has 5 nitrogen and oxygen atoms in total. The minimum Gasteiger partial charge on any atom is -0.397 e. The van der Waals surface area contributed by atoms with Crippen LogP contribution < -0.4 is 11.5 Å². The SMILES string of the molecule is COCCn1c(-c2ccc(CN)cc2)cc2cc(N)cnc21. The van der Waals surface area contributed by atoms with E-state index >= 15 is 0 Å². The maximum atomic E-state index is 5.85. The zero-order valence-corrected chi connectivity index (χ0v) is 12.6. The largest absolute Gasteiger partial charge is 0.397 e. The third kappa shape index (κ3) is 2.68. The van der Waals surface area contributed by atoms with Gasteiger partial charge in [0.1, 0.15) is 5.65 Å². The molecule has 0 amide bonds. The van der Waals surface area contributed by atoms with E-state index in [2.05, 4.69) is 39.9 Å². The third-order valence-electron chi connectivity index (χ3n) is 3.76. The molecular weight excluding hydrogens is 276 g/mol. The van der Waals surface area contributed by atoms with Gasteiger partial charge in [-0.25, -0.2) is 4.98 Å². The number of nitrogens with two attached hydrogens (primary N) is 2. The van der Waals surface area contributed by atoms with Crippen LogP contribution in [0, 0.1) is 0 Å². The van der Waals surface area contributed by atoms with Crippen molar-refractivity contribution in [3.8, 4) is 11.3 Å². The second-order valence-corrected chi connectivity index (χ2v) is 5.26. The van der Waals surface area contributed by atoms with Crippen molar-refractivity contribution in [3.63, 3.8) is 0 Å². The van der Waals surface area contributed by atoms with E-state index in [9.17, 15) is 0 Å². The summed E-state index contributed by atoms with van der Waals surface area (Å²) < 4.78 is 7.39. The average molecular weight is 296 g/mol. The fourth-order valence-corrected chi connectivity index (χ4v) is 2.62. The number of hydrogen-bond donors (Lipinski definition) is 2. The molecule has 0 radical (unpaired) electrons. The summed E-state index contributed by atoms with van der Waals surface area (Å²) in [6.07, 6.45) is 1.69. The first kappa shape index (κ1) is 14.6. The van der Waals surface area contributed by atoms with Gasteiger partial charge in [0.2, 0.25) is 0 Å². The Morgan fingerprint density at radius 3 is 2.64 bits per heavy atom. The van der Waals surface area contributed by atoms with Gasteiger partial charge < -0.3 is 20.8 Å². The summed E-state index contributed by atoms with van der Waals surface area (Å²) in [5.74, 6) is 0. The highest BCUT2D eigenvalue weighted by atomic mass is 16.5. The lowest BCUT2D eigenvalue weighted by molar-refractivity contribution is 0.188. The molecule has 0 saturated heterocycles. The molecule has 0 spiro atoms. The molecule has 2 aromatic heterocycles. The normalized spacial score (nSPS) is 11.2. The molecule has 114 valence electrons. The lowest BCUT2D eigenvalue weighted by atomic mass is 10.1. The number of nitrogens with zero attached hydrogens (tertiary/aromatic N) is 2. The van der Waals surface area contributed by atoms with Crippen LogP contribution in [0.3, 0.4) is 0 Å². The Labute approximate surface area is 129 Å². The summed E-state index contributed by atoms with van der Waals surface area (Å²) in [6, 6.07) is 12.3. The van der Waals surface area contributed by atoms with Crippen LogP contribution in [0.4, 0.5) is 5.69 Å². The first-order chi connectivity index (χ1) is 10.7. The summed E-state index contributed by atoms with van der Waals surface area (Å²) in [5, 5.41) is 1.04. The number of anilines is 1. The van der Waals surface area contributed by atoms with Crippen molar-refractivity contribution in [2.24, 2.45) is 5.73 Å². The Balaban J connectivity index is 2.13. The van der Waals surface area contributed by atoms with Gasteiger partial charge in [-0.3, -0.25) is 0 Å². The molecule has 1 aromatic carbocycles. The van der Waals surface area contributed by atoms with Gasteiger partial charge in [0, 0.05) is 25.6 Å². The van der Waals surface area contributed by atoms with Crippen molar-refractivity contribution in [1.82, 2.24) is 9.55 Å². The van der Waals surface area contributed by atoms with Crippen molar-refractivity contribution in [2.75, 3.05) is 19.5 Å². The number of methoxy groups -OCH3 is 1. The van der Waals surface area contributed by atoms with E-state index in [1.54, 1.807) is 13.3 Å². The van der Waals surface area contributed by atoms with Crippen LogP contribution in [0.15, 0.2) is 42.6 Å². The fourth-order valence-electron chi connectivity index (χ4n) is 2.62. The number of hydrogen-bond acceptors (Lipinski definition) is 4. The zero-order valence-electron chi connectivity index (χ0n) is 12.6. The van der Waals surface area contributed by atoms with Gasteiger partial charge in [0.05, 0.1) is 24.2 Å². The van der Waals surface area contributed by atoms with Gasteiger partial charge in [-0.05, 0) is 23.3 Å². The monoisotopic (exact) mass is 296 g/mol. The minimum atomic E-state index is 0.547. The van der Waals surface area contributed by atoms with E-state index in [4.69, 9.17) is 16.2 Å². The van der Waals surface area contributed by atoms with E-state index in [1.165, 1.54) is 0 Å². The van der Waals surface area contributed by atoms with Crippen LogP contribution in [0.25, 0.3) is 22.3 Å². The third-order valence-corrected chi connectivity index (χ3v) is 3.76. The Bertz CT molecular complexity index is 777. The van der Waals surface area contributed by atoms with Crippen LogP contribution in [-0.4, -0.2) is 23.3 Å². The second kappa shape index (κ2) is 6.17. The van der Waals surface area contributed by atoms with Gasteiger partial charge in [-0.15, -0.1) is 0 Å². The summed E-state index contributed by atoms with van der Waals surface area (Å²) >= 11 is 0. The summed E-state index contributed by atoms with van der Waals surface area (Å²) in [6.45, 7) is 1.92. The van der Waals surface area contributed by atoms with E-state index in [-0.39, 0.29) is 0 Å². The van der Waals surface area contributed by atoms with Crippen molar-refractivity contribution < 1.29 is 4.74 Å². The molecule has 3 aromatic rings. The van der Waals surface area contributed by atoms with Gasteiger partial charge in [0.25, 0.3) is 0 Å². The van der Waals surface area contributed by atoms with Gasteiger partial charge in [-0.1, -0.05) is 24.3 Å². The molecule has 0 fully saturated rings. The molecule has 4 N–H and O–H groups in total. The maximum Gasteiger partial charge on any atom is 0.140 e. The molecule has 0 saturated carbocycles. The predicted molar refractivity (Wildman–Crippen MR) is 89.3 cm³/mol. The molecule has 2 heterocycles. The van der Waals surface area contributed by atoms with Gasteiger partial charge in [0.15, 0.2) is 0 Å². The standard InChI is InChI=1S/C17H20N4O/c1-22-7-6-21-16(13-4-2-12(10-18)3-5-13)9-14-8-15(19)11-20-17(14)21/h2-5,8-9,11H,6-7,10,18-19H2,1H3. The number of nitrogen functional groups attached to an aromatic ring is 1. The summed E-state index contributed by atoms with van der Waals surface area (Å²) in [7, 11) is 1.70. The van der Waals surface area contributed by atoms with Crippen molar-refractivity contribution in [1.29, 1.82) is 0 Å². The number of benzene rings is 1. The molecule has 3 rings (SSSR count). The van der Waals surface area contributed by atoms with Crippen LogP contribution in [0.5, 0.6) is 0 Å². The van der Waals surface area contributed by atoms with Crippen molar-refractivity contribution in [2.45, 2.75) is 13.1 Å². The van der Waals surface area contributed by atoms with E-state index in [0.29, 0.717) is 18.8 Å². The molecule has 0 atom stereocenters. The highest BCUT2D eigenvalue weighted by Crippen LogP contribution is 2.28. The molecular formula is C17H20N4O. The summed E-state index contributed by atoms with van der Waals surface area (Å²) in [5.41, 5.74) is 16.5. The first-order valence-electron chi connectivity index (χ1n) is 7.26. The molecule has 5 heteroatoms. The lowest BCUT2D eigenvalue weighted by Gasteiger charge is -2.10. The van der Waals surface area contributed by atoms with Crippen LogP contribution in [0.1, 0.15) is 5.56 Å². The quantitative estimate of drug-likeness (QED) is 0.757. The highest BCUT2D eigenvalue weighted by Gasteiger charge is 2.12. The van der Waals surface area contributed by atoms with Gasteiger partial charge >= 0.3 is 0 Å².